The van der Waals surface area contributed by atoms with Gasteiger partial charge in [-0.25, -0.2) is 0 Å². The van der Waals surface area contributed by atoms with E-state index in [4.69, 9.17) is 4.74 Å². The molecule has 0 N–H and O–H groups in total. The van der Waals surface area contributed by atoms with Crippen molar-refractivity contribution in [1.82, 2.24) is 9.80 Å². The lowest BCUT2D eigenvalue weighted by atomic mass is 9.81. The van der Waals surface area contributed by atoms with E-state index in [0.717, 1.165) is 36.1 Å². The van der Waals surface area contributed by atoms with Gasteiger partial charge in [0.05, 0.1) is 25.5 Å². The third-order valence-corrected chi connectivity index (χ3v) is 6.92. The van der Waals surface area contributed by atoms with Gasteiger partial charge in [-0.15, -0.1) is 11.3 Å². The smallest absolute Gasteiger partial charge is 0.243 e. The Kier molecular flexibility index (Phi) is 6.18. The van der Waals surface area contributed by atoms with Gasteiger partial charge in [-0.3, -0.25) is 19.3 Å². The number of hydrogen-bond acceptors (Lipinski definition) is 5. The fourth-order valence-electron chi connectivity index (χ4n) is 4.48. The monoisotopic (exact) mass is 426 g/mol. The molecule has 2 atom stereocenters. The maximum atomic E-state index is 13.3. The van der Waals surface area contributed by atoms with E-state index in [0.29, 0.717) is 18.8 Å². The lowest BCUT2D eigenvalue weighted by molar-refractivity contribution is -0.147. The standard InChI is InChI=1S/C23H26N2O4S/c1-29-20-11-5-2-7-16(20)13-24(14-17-8-6-12-30-17)21(26)15-25-22(27)18-9-3-4-10-19(18)23(25)28/h2,5-8,11-12,18-19H,3-4,9-10,13-15H2,1H3/t18-,19+. The van der Waals surface area contributed by atoms with Crippen LogP contribution >= 0.6 is 11.3 Å². The predicted octanol–water partition coefficient (Wildman–Crippen LogP) is 3.46. The fourth-order valence-corrected chi connectivity index (χ4v) is 5.20. The number of rotatable bonds is 7. The number of hydrogen-bond donors (Lipinski definition) is 0. The number of carbonyl (C=O) groups is 3. The Labute approximate surface area is 180 Å². The van der Waals surface area contributed by atoms with E-state index in [1.165, 1.54) is 4.90 Å². The van der Waals surface area contributed by atoms with Crippen molar-refractivity contribution in [1.29, 1.82) is 0 Å². The molecule has 4 rings (SSSR count). The number of fused-ring (bicyclic) bond motifs is 1. The van der Waals surface area contributed by atoms with Crippen LogP contribution in [0.4, 0.5) is 0 Å². The Morgan fingerprint density at radius 1 is 1.07 bits per heavy atom. The van der Waals surface area contributed by atoms with Gasteiger partial charge in [0.2, 0.25) is 17.7 Å². The van der Waals surface area contributed by atoms with Crippen LogP contribution in [-0.4, -0.2) is 41.2 Å². The van der Waals surface area contributed by atoms with Gasteiger partial charge in [0.15, 0.2) is 0 Å². The molecule has 1 saturated heterocycles. The summed E-state index contributed by atoms with van der Waals surface area (Å²) < 4.78 is 5.44. The number of carbonyl (C=O) groups excluding carboxylic acids is 3. The van der Waals surface area contributed by atoms with Crippen molar-refractivity contribution in [2.45, 2.75) is 38.8 Å². The van der Waals surface area contributed by atoms with Gasteiger partial charge < -0.3 is 9.64 Å². The number of thiophene rings is 1. The molecule has 7 heteroatoms. The van der Waals surface area contributed by atoms with Gasteiger partial charge in [0, 0.05) is 17.0 Å². The molecule has 0 radical (unpaired) electrons. The van der Waals surface area contributed by atoms with Crippen LogP contribution in [-0.2, 0) is 27.5 Å². The van der Waals surface area contributed by atoms with Crippen molar-refractivity contribution in [3.05, 3.63) is 52.2 Å². The zero-order chi connectivity index (χ0) is 21.1. The first-order valence-corrected chi connectivity index (χ1v) is 11.2. The lowest BCUT2D eigenvalue weighted by Gasteiger charge is -2.25. The molecule has 1 aliphatic heterocycles. The molecule has 30 heavy (non-hydrogen) atoms. The second-order valence-corrected chi connectivity index (χ2v) is 8.93. The topological polar surface area (TPSA) is 66.9 Å². The van der Waals surface area contributed by atoms with Crippen LogP contribution in [0.2, 0.25) is 0 Å². The molecule has 0 spiro atoms. The number of likely N-dealkylation sites (tertiary alicyclic amines) is 1. The van der Waals surface area contributed by atoms with Crippen molar-refractivity contribution in [2.24, 2.45) is 11.8 Å². The number of nitrogens with zero attached hydrogens (tertiary/aromatic N) is 2. The highest BCUT2D eigenvalue weighted by molar-refractivity contribution is 7.09. The third kappa shape index (κ3) is 4.12. The summed E-state index contributed by atoms with van der Waals surface area (Å²) in [6.07, 6.45) is 3.45. The molecular formula is C23H26N2O4S. The zero-order valence-corrected chi connectivity index (χ0v) is 17.9. The van der Waals surface area contributed by atoms with Crippen molar-refractivity contribution in [2.75, 3.05) is 13.7 Å². The van der Waals surface area contributed by atoms with E-state index in [-0.39, 0.29) is 36.1 Å². The largest absolute Gasteiger partial charge is 0.496 e. The van der Waals surface area contributed by atoms with E-state index >= 15 is 0 Å². The molecule has 158 valence electrons. The number of benzene rings is 1. The van der Waals surface area contributed by atoms with Crippen molar-refractivity contribution < 1.29 is 19.1 Å². The fraction of sp³-hybridized carbons (Fsp3) is 0.435. The van der Waals surface area contributed by atoms with Crippen molar-refractivity contribution in [3.63, 3.8) is 0 Å². The Balaban J connectivity index is 1.53. The lowest BCUT2D eigenvalue weighted by Crippen LogP contribution is -2.42. The Bertz CT molecular complexity index is 903. The van der Waals surface area contributed by atoms with E-state index in [1.807, 2.05) is 41.8 Å². The number of amides is 3. The molecule has 1 aromatic heterocycles. The summed E-state index contributed by atoms with van der Waals surface area (Å²) in [6.45, 7) is 0.590. The quantitative estimate of drug-likeness (QED) is 0.636. The number of para-hydroxylation sites is 1. The van der Waals surface area contributed by atoms with Crippen LogP contribution in [0.3, 0.4) is 0 Å². The van der Waals surface area contributed by atoms with Gasteiger partial charge >= 0.3 is 0 Å². The highest BCUT2D eigenvalue weighted by Gasteiger charge is 2.48. The average Bonchev–Trinajstić information content (AvgIpc) is 3.36. The summed E-state index contributed by atoms with van der Waals surface area (Å²) in [5.74, 6) is -0.341. The predicted molar refractivity (Wildman–Crippen MR) is 114 cm³/mol. The average molecular weight is 427 g/mol. The molecule has 1 saturated carbocycles. The van der Waals surface area contributed by atoms with E-state index in [1.54, 1.807) is 23.3 Å². The van der Waals surface area contributed by atoms with Crippen LogP contribution in [0.25, 0.3) is 0 Å². The summed E-state index contributed by atoms with van der Waals surface area (Å²) in [7, 11) is 1.60. The first-order chi connectivity index (χ1) is 14.6. The van der Waals surface area contributed by atoms with E-state index < -0.39 is 0 Å². The number of methoxy groups -OCH3 is 1. The Morgan fingerprint density at radius 3 is 2.40 bits per heavy atom. The van der Waals surface area contributed by atoms with Crippen molar-refractivity contribution in [3.8, 4) is 5.75 Å². The highest BCUT2D eigenvalue weighted by atomic mass is 32.1. The molecule has 2 heterocycles. The Hall–Kier alpha value is -2.67. The normalized spacial score (nSPS) is 20.9. The molecule has 2 fully saturated rings. The molecule has 2 aromatic rings. The van der Waals surface area contributed by atoms with Gasteiger partial charge in [-0.2, -0.15) is 0 Å². The first-order valence-electron chi connectivity index (χ1n) is 10.4. The van der Waals surface area contributed by atoms with Crippen LogP contribution in [0, 0.1) is 11.8 Å². The molecule has 0 bridgehead atoms. The maximum absolute atomic E-state index is 13.3. The second-order valence-electron chi connectivity index (χ2n) is 7.90. The van der Waals surface area contributed by atoms with Gasteiger partial charge in [-0.05, 0) is 30.4 Å². The molecule has 1 aliphatic carbocycles. The van der Waals surface area contributed by atoms with Gasteiger partial charge in [0.1, 0.15) is 12.3 Å². The molecule has 1 aromatic carbocycles. The zero-order valence-electron chi connectivity index (χ0n) is 17.1. The minimum atomic E-state index is -0.237. The molecular weight excluding hydrogens is 400 g/mol. The molecule has 2 aliphatic rings. The van der Waals surface area contributed by atoms with Crippen LogP contribution in [0.1, 0.15) is 36.1 Å². The summed E-state index contributed by atoms with van der Waals surface area (Å²) in [6, 6.07) is 11.5. The van der Waals surface area contributed by atoms with Gasteiger partial charge in [-0.1, -0.05) is 37.1 Å². The summed E-state index contributed by atoms with van der Waals surface area (Å²) in [5, 5.41) is 1.97. The molecule has 0 unspecified atom stereocenters. The van der Waals surface area contributed by atoms with Gasteiger partial charge in [0.25, 0.3) is 0 Å². The summed E-state index contributed by atoms with van der Waals surface area (Å²) >= 11 is 1.58. The first kappa shape index (κ1) is 20.6. The van der Waals surface area contributed by atoms with E-state index in [9.17, 15) is 14.4 Å². The molecule has 6 nitrogen and oxygen atoms in total. The minimum Gasteiger partial charge on any atom is -0.496 e. The SMILES string of the molecule is COc1ccccc1CN(Cc1cccs1)C(=O)CN1C(=O)[C@H]2CCCC[C@H]2C1=O. The third-order valence-electron chi connectivity index (χ3n) is 6.06. The Morgan fingerprint density at radius 2 is 1.77 bits per heavy atom. The maximum Gasteiger partial charge on any atom is 0.243 e. The van der Waals surface area contributed by atoms with Crippen LogP contribution in [0.15, 0.2) is 41.8 Å². The van der Waals surface area contributed by atoms with Crippen LogP contribution < -0.4 is 4.74 Å². The summed E-state index contributed by atoms with van der Waals surface area (Å²) in [4.78, 5) is 42.8. The second kappa shape index (κ2) is 9.00. The van der Waals surface area contributed by atoms with Crippen LogP contribution in [0.5, 0.6) is 5.75 Å². The molecule has 3 amide bonds. The highest BCUT2D eigenvalue weighted by Crippen LogP contribution is 2.38. The van der Waals surface area contributed by atoms with Crippen molar-refractivity contribution >= 4 is 29.1 Å². The summed E-state index contributed by atoms with van der Waals surface area (Å²) in [5.41, 5.74) is 0.887. The number of ether oxygens (including phenoxy) is 1. The van der Waals surface area contributed by atoms with E-state index in [2.05, 4.69) is 0 Å². The minimum absolute atomic E-state index is 0.175. The number of imide groups is 1.